The van der Waals surface area contributed by atoms with Gasteiger partial charge in [0.15, 0.2) is 23.0 Å². The van der Waals surface area contributed by atoms with E-state index in [2.05, 4.69) is 6.07 Å². The summed E-state index contributed by atoms with van der Waals surface area (Å²) in [6, 6.07) is 11.7. The highest BCUT2D eigenvalue weighted by Crippen LogP contribution is 2.47. The van der Waals surface area contributed by atoms with Crippen LogP contribution in [0.15, 0.2) is 36.4 Å². The van der Waals surface area contributed by atoms with Crippen molar-refractivity contribution in [1.82, 2.24) is 0 Å². The third-order valence-electron chi connectivity index (χ3n) is 7.41. The number of aliphatic hydroxyl groups is 1. The van der Waals surface area contributed by atoms with E-state index in [-0.39, 0.29) is 25.2 Å². The van der Waals surface area contributed by atoms with Crippen LogP contribution in [-0.2, 0) is 5.41 Å². The number of nitriles is 1. The predicted molar refractivity (Wildman–Crippen MR) is 140 cm³/mol. The summed E-state index contributed by atoms with van der Waals surface area (Å²) in [5.74, 6) is 2.15. The van der Waals surface area contributed by atoms with Crippen molar-refractivity contribution in [3.05, 3.63) is 52.1 Å². The van der Waals surface area contributed by atoms with Crippen molar-refractivity contribution in [2.45, 2.75) is 69.8 Å². The summed E-state index contributed by atoms with van der Waals surface area (Å²) in [4.78, 5) is 11.5. The van der Waals surface area contributed by atoms with Gasteiger partial charge in [-0.3, -0.25) is 10.1 Å². The van der Waals surface area contributed by atoms with Gasteiger partial charge < -0.3 is 28.8 Å². The number of benzene rings is 2. The van der Waals surface area contributed by atoms with E-state index >= 15 is 0 Å². The van der Waals surface area contributed by atoms with Gasteiger partial charge in [0.2, 0.25) is 18.1 Å². The maximum Gasteiger partial charge on any atom is 0.248 e. The average Bonchev–Trinajstić information content (AvgIpc) is 3.35. The molecule has 0 spiro atoms. The van der Waals surface area contributed by atoms with Gasteiger partial charge in [-0.25, -0.2) is 0 Å². The van der Waals surface area contributed by atoms with Crippen molar-refractivity contribution >= 4 is 0 Å². The van der Waals surface area contributed by atoms with Gasteiger partial charge in [0.1, 0.15) is 6.10 Å². The molecule has 38 heavy (non-hydrogen) atoms. The van der Waals surface area contributed by atoms with Gasteiger partial charge in [-0.15, -0.1) is 0 Å². The molecule has 1 heterocycles. The number of rotatable bonds is 14. The van der Waals surface area contributed by atoms with Crippen molar-refractivity contribution in [1.29, 1.82) is 5.26 Å². The Balaban J connectivity index is 1.89. The molecule has 0 saturated carbocycles. The molecule has 206 valence electrons. The molecule has 0 aliphatic carbocycles. The minimum absolute atomic E-state index is 0.0199. The van der Waals surface area contributed by atoms with Gasteiger partial charge in [-0.1, -0.05) is 38.8 Å². The molecule has 3 atom stereocenters. The minimum atomic E-state index is -1.34. The lowest BCUT2D eigenvalue weighted by Gasteiger charge is -2.36. The molecule has 1 aliphatic rings. The van der Waals surface area contributed by atoms with Crippen LogP contribution in [0.3, 0.4) is 0 Å². The second-order valence-corrected chi connectivity index (χ2v) is 9.32. The largest absolute Gasteiger partial charge is 0.493 e. The molecular formula is C28H36N2O8. The molecule has 0 saturated heterocycles. The average molecular weight is 529 g/mol. The normalized spacial score (nSPS) is 15.8. The fraction of sp³-hybridized carbons (Fsp3) is 0.536. The molecule has 0 aromatic heterocycles. The minimum Gasteiger partial charge on any atom is -0.493 e. The van der Waals surface area contributed by atoms with Crippen LogP contribution in [0, 0.1) is 27.4 Å². The second-order valence-electron chi connectivity index (χ2n) is 9.32. The number of nitrogens with zero attached hydrogens (tertiary/aromatic N) is 2. The van der Waals surface area contributed by atoms with E-state index < -0.39 is 28.8 Å². The second kappa shape index (κ2) is 12.7. The Bertz CT molecular complexity index is 1100. The van der Waals surface area contributed by atoms with E-state index in [0.29, 0.717) is 47.2 Å². The number of methoxy groups -OCH3 is 3. The van der Waals surface area contributed by atoms with Gasteiger partial charge in [-0.05, 0) is 48.6 Å². The van der Waals surface area contributed by atoms with E-state index in [0.717, 1.165) is 0 Å². The third-order valence-corrected chi connectivity index (χ3v) is 7.41. The van der Waals surface area contributed by atoms with Crippen molar-refractivity contribution < 1.29 is 33.7 Å². The number of para-hydroxylation sites is 2. The van der Waals surface area contributed by atoms with E-state index in [9.17, 15) is 20.5 Å². The van der Waals surface area contributed by atoms with Crippen molar-refractivity contribution in [2.24, 2.45) is 5.92 Å². The first-order chi connectivity index (χ1) is 18.3. The number of ether oxygens (including phenoxy) is 5. The Morgan fingerprint density at radius 3 is 2.05 bits per heavy atom. The molecular weight excluding hydrogens is 492 g/mol. The van der Waals surface area contributed by atoms with Crippen LogP contribution in [0.1, 0.15) is 51.5 Å². The standard InChI is InChI=1S/C28H36N2O8/c1-6-18(7-2)28(17-29,19-14-24(34-3)27(36-5)25(15-19)35-4)13-12-21(31)20(30(32)33)16-26-37-22-10-8-9-11-23(22)38-26/h8-11,14-15,18,20-21,26,31H,6-7,12-13,16H2,1-5H3. The van der Waals surface area contributed by atoms with Crippen molar-refractivity contribution in [2.75, 3.05) is 21.3 Å². The Morgan fingerprint density at radius 2 is 1.63 bits per heavy atom. The van der Waals surface area contributed by atoms with Crippen LogP contribution < -0.4 is 23.7 Å². The van der Waals surface area contributed by atoms with E-state index in [1.54, 1.807) is 36.4 Å². The molecule has 10 heteroatoms. The van der Waals surface area contributed by atoms with Gasteiger partial charge >= 0.3 is 0 Å². The summed E-state index contributed by atoms with van der Waals surface area (Å²) in [5.41, 5.74) is -0.416. The lowest BCUT2D eigenvalue weighted by molar-refractivity contribution is -0.538. The molecule has 0 amide bonds. The summed E-state index contributed by atoms with van der Waals surface area (Å²) < 4.78 is 27.9. The molecule has 3 unspecified atom stereocenters. The van der Waals surface area contributed by atoms with Gasteiger partial charge in [0.25, 0.3) is 0 Å². The monoisotopic (exact) mass is 528 g/mol. The first-order valence-corrected chi connectivity index (χ1v) is 12.7. The first kappa shape index (κ1) is 28.9. The topological polar surface area (TPSA) is 133 Å². The maximum atomic E-state index is 12.0. The van der Waals surface area contributed by atoms with Gasteiger partial charge in [-0.2, -0.15) is 5.26 Å². The predicted octanol–water partition coefficient (Wildman–Crippen LogP) is 4.88. The zero-order valence-electron chi connectivity index (χ0n) is 22.5. The fourth-order valence-electron chi connectivity index (χ4n) is 5.32. The molecule has 2 aromatic carbocycles. The number of aliphatic hydroxyl groups excluding tert-OH is 1. The quantitative estimate of drug-likeness (QED) is 0.269. The van der Waals surface area contributed by atoms with E-state index in [1.807, 2.05) is 13.8 Å². The fourth-order valence-corrected chi connectivity index (χ4v) is 5.32. The van der Waals surface area contributed by atoms with Crippen molar-refractivity contribution in [3.63, 3.8) is 0 Å². The molecule has 1 N–H and O–H groups in total. The van der Waals surface area contributed by atoms with E-state index in [4.69, 9.17) is 23.7 Å². The number of hydrogen-bond acceptors (Lipinski definition) is 9. The maximum absolute atomic E-state index is 12.0. The Morgan fingerprint density at radius 1 is 1.08 bits per heavy atom. The molecule has 0 bridgehead atoms. The highest BCUT2D eigenvalue weighted by Gasteiger charge is 2.43. The lowest BCUT2D eigenvalue weighted by Crippen LogP contribution is -2.41. The van der Waals surface area contributed by atoms with E-state index in [1.165, 1.54) is 21.3 Å². The number of nitro groups is 1. The van der Waals surface area contributed by atoms with Crippen LogP contribution in [0.2, 0.25) is 0 Å². The Labute approximate surface area is 223 Å². The first-order valence-electron chi connectivity index (χ1n) is 12.7. The summed E-state index contributed by atoms with van der Waals surface area (Å²) in [6.07, 6.45) is -0.761. The molecule has 0 fully saturated rings. The van der Waals surface area contributed by atoms with Crippen LogP contribution in [0.25, 0.3) is 0 Å². The third kappa shape index (κ3) is 5.73. The molecule has 10 nitrogen and oxygen atoms in total. The van der Waals surface area contributed by atoms with Gasteiger partial charge in [0.05, 0.1) is 39.2 Å². The summed E-state index contributed by atoms with van der Waals surface area (Å²) in [7, 11) is 4.51. The highest BCUT2D eigenvalue weighted by atomic mass is 16.7. The van der Waals surface area contributed by atoms with Crippen LogP contribution in [0.4, 0.5) is 0 Å². The number of fused-ring (bicyclic) bond motifs is 1. The molecule has 2 aromatic rings. The van der Waals surface area contributed by atoms with Crippen LogP contribution >= 0.6 is 0 Å². The summed E-state index contributed by atoms with van der Waals surface area (Å²) in [5, 5.41) is 33.6. The molecule has 1 aliphatic heterocycles. The SMILES string of the molecule is CCC(CC)C(C#N)(CCC(O)C(CC1Oc2ccccc2O1)[N+](=O)[O-])c1cc(OC)c(OC)c(OC)c1. The smallest absolute Gasteiger partial charge is 0.248 e. The van der Waals surface area contributed by atoms with Crippen LogP contribution in [-0.4, -0.2) is 49.8 Å². The molecule has 3 rings (SSSR count). The Hall–Kier alpha value is -3.71. The van der Waals surface area contributed by atoms with Crippen LogP contribution in [0.5, 0.6) is 28.7 Å². The van der Waals surface area contributed by atoms with Gasteiger partial charge in [0, 0.05) is 4.92 Å². The zero-order chi connectivity index (χ0) is 27.9. The van der Waals surface area contributed by atoms with Crippen molar-refractivity contribution in [3.8, 4) is 34.8 Å². The number of hydrogen-bond donors (Lipinski definition) is 1. The lowest BCUT2D eigenvalue weighted by atomic mass is 9.66. The Kier molecular flexibility index (Phi) is 9.64. The summed E-state index contributed by atoms with van der Waals surface area (Å²) in [6.45, 7) is 4.00. The summed E-state index contributed by atoms with van der Waals surface area (Å²) >= 11 is 0. The zero-order valence-corrected chi connectivity index (χ0v) is 22.5. The molecule has 0 radical (unpaired) electrons. The highest BCUT2D eigenvalue weighted by molar-refractivity contribution is 5.56.